The Morgan fingerprint density at radius 3 is 2.09 bits per heavy atom. The van der Waals surface area contributed by atoms with E-state index in [9.17, 15) is 14.4 Å². The van der Waals surface area contributed by atoms with Gasteiger partial charge in [-0.05, 0) is 80.3 Å². The summed E-state index contributed by atoms with van der Waals surface area (Å²) < 4.78 is 7.07. The highest BCUT2D eigenvalue weighted by Gasteiger charge is 2.35. The molecule has 2 aliphatic heterocycles. The fourth-order valence-electron chi connectivity index (χ4n) is 5.19. The van der Waals surface area contributed by atoms with E-state index in [2.05, 4.69) is 0 Å². The van der Waals surface area contributed by atoms with Crippen molar-refractivity contribution in [2.24, 2.45) is 5.73 Å². The first-order chi connectivity index (χ1) is 16.9. The number of ether oxygens (including phenoxy) is 1. The number of methoxy groups -OCH3 is 1. The van der Waals surface area contributed by atoms with Gasteiger partial charge in [0.2, 0.25) is 5.91 Å². The SMILES string of the molecule is COc1ccc(-n2c(C)c(C(N)=O)c3c2C(=O)N(c2ccc(N4CCCCC4=O)cc2)CC3)cc1. The van der Waals surface area contributed by atoms with Gasteiger partial charge in [-0.15, -0.1) is 0 Å². The summed E-state index contributed by atoms with van der Waals surface area (Å²) >= 11 is 0. The number of primary amides is 1. The van der Waals surface area contributed by atoms with E-state index in [0.717, 1.165) is 29.9 Å². The third kappa shape index (κ3) is 3.84. The van der Waals surface area contributed by atoms with Crippen LogP contribution in [0.15, 0.2) is 48.5 Å². The van der Waals surface area contributed by atoms with Gasteiger partial charge in [-0.3, -0.25) is 14.4 Å². The Hall–Kier alpha value is -4.07. The van der Waals surface area contributed by atoms with E-state index >= 15 is 0 Å². The Kier molecular flexibility index (Phi) is 5.80. The highest BCUT2D eigenvalue weighted by atomic mass is 16.5. The van der Waals surface area contributed by atoms with E-state index in [0.29, 0.717) is 54.2 Å². The lowest BCUT2D eigenvalue weighted by Gasteiger charge is -2.30. The molecule has 2 aliphatic rings. The van der Waals surface area contributed by atoms with Gasteiger partial charge >= 0.3 is 0 Å². The fraction of sp³-hybridized carbons (Fsp3) is 0.296. The molecule has 8 heteroatoms. The number of hydrogen-bond acceptors (Lipinski definition) is 4. The molecule has 1 aromatic heterocycles. The minimum atomic E-state index is -0.539. The summed E-state index contributed by atoms with van der Waals surface area (Å²) in [6, 6.07) is 14.9. The minimum Gasteiger partial charge on any atom is -0.497 e. The maximum atomic E-state index is 13.8. The second kappa shape index (κ2) is 8.94. The van der Waals surface area contributed by atoms with E-state index in [4.69, 9.17) is 10.5 Å². The van der Waals surface area contributed by atoms with Crippen LogP contribution in [0.4, 0.5) is 11.4 Å². The molecule has 8 nitrogen and oxygen atoms in total. The van der Waals surface area contributed by atoms with Crippen LogP contribution >= 0.6 is 0 Å². The zero-order valence-corrected chi connectivity index (χ0v) is 19.9. The molecule has 0 spiro atoms. The molecule has 0 unspecified atom stereocenters. The van der Waals surface area contributed by atoms with Crippen LogP contribution < -0.4 is 20.3 Å². The minimum absolute atomic E-state index is 0.134. The van der Waals surface area contributed by atoms with E-state index < -0.39 is 5.91 Å². The molecule has 1 saturated heterocycles. The van der Waals surface area contributed by atoms with Crippen LogP contribution in [0, 0.1) is 6.92 Å². The number of benzene rings is 2. The zero-order chi connectivity index (χ0) is 24.7. The Bertz CT molecular complexity index is 1310. The molecular weight excluding hydrogens is 444 g/mol. The number of nitrogens with two attached hydrogens (primary N) is 1. The number of amides is 3. The summed E-state index contributed by atoms with van der Waals surface area (Å²) in [6.07, 6.45) is 3.00. The van der Waals surface area contributed by atoms with Crippen molar-refractivity contribution in [2.45, 2.75) is 32.6 Å². The van der Waals surface area contributed by atoms with Gasteiger partial charge in [0.1, 0.15) is 11.4 Å². The van der Waals surface area contributed by atoms with Crippen LogP contribution in [-0.2, 0) is 11.2 Å². The Labute approximate surface area is 203 Å². The second-order valence-electron chi connectivity index (χ2n) is 8.91. The van der Waals surface area contributed by atoms with E-state index in [1.807, 2.05) is 60.0 Å². The number of rotatable bonds is 5. The Morgan fingerprint density at radius 2 is 1.49 bits per heavy atom. The van der Waals surface area contributed by atoms with Gasteiger partial charge in [0.05, 0.1) is 12.7 Å². The van der Waals surface area contributed by atoms with Crippen molar-refractivity contribution >= 4 is 29.1 Å². The molecule has 5 rings (SSSR count). The second-order valence-corrected chi connectivity index (χ2v) is 8.91. The molecule has 1 fully saturated rings. The van der Waals surface area contributed by atoms with Gasteiger partial charge in [-0.25, -0.2) is 0 Å². The molecule has 3 amide bonds. The lowest BCUT2D eigenvalue weighted by Crippen LogP contribution is -2.39. The molecule has 0 atom stereocenters. The average molecular weight is 473 g/mol. The third-order valence-corrected chi connectivity index (χ3v) is 6.92. The summed E-state index contributed by atoms with van der Waals surface area (Å²) in [5, 5.41) is 0. The van der Waals surface area contributed by atoms with Crippen LogP contribution in [-0.4, -0.2) is 42.5 Å². The van der Waals surface area contributed by atoms with Crippen molar-refractivity contribution in [3.8, 4) is 11.4 Å². The molecule has 0 saturated carbocycles. The molecule has 3 aromatic rings. The summed E-state index contributed by atoms with van der Waals surface area (Å²) in [7, 11) is 1.59. The number of anilines is 2. The number of hydrogen-bond donors (Lipinski definition) is 1. The topological polar surface area (TPSA) is 97.9 Å². The normalized spacial score (nSPS) is 15.8. The summed E-state index contributed by atoms with van der Waals surface area (Å²) in [6.45, 7) is 2.96. The van der Waals surface area contributed by atoms with Gasteiger partial charge in [0.25, 0.3) is 11.8 Å². The van der Waals surface area contributed by atoms with Crippen LogP contribution in [0.2, 0.25) is 0 Å². The highest BCUT2D eigenvalue weighted by molar-refractivity contribution is 6.11. The number of piperidine rings is 1. The average Bonchev–Trinajstić information content (AvgIpc) is 3.17. The standard InChI is InChI=1S/C27H28N4O4/c1-17-24(26(28)33)22-14-16-30(19-8-6-18(7-9-19)29-15-4-3-5-23(29)32)27(34)25(22)31(17)20-10-12-21(35-2)13-11-20/h6-13H,3-5,14-16H2,1-2H3,(H2,28,33). The van der Waals surface area contributed by atoms with Gasteiger partial charge < -0.3 is 24.8 Å². The first-order valence-corrected chi connectivity index (χ1v) is 11.8. The van der Waals surface area contributed by atoms with Crippen LogP contribution in [0.1, 0.15) is 51.4 Å². The molecule has 180 valence electrons. The lowest BCUT2D eigenvalue weighted by molar-refractivity contribution is -0.119. The number of nitrogens with zero attached hydrogens (tertiary/aromatic N) is 3. The van der Waals surface area contributed by atoms with Gasteiger partial charge in [0, 0.05) is 42.3 Å². The first-order valence-electron chi connectivity index (χ1n) is 11.8. The zero-order valence-electron chi connectivity index (χ0n) is 19.9. The Morgan fingerprint density at radius 1 is 0.857 bits per heavy atom. The molecular formula is C27H28N4O4. The summed E-state index contributed by atoms with van der Waals surface area (Å²) in [4.78, 5) is 42.0. The Balaban J connectivity index is 1.53. The predicted molar refractivity (Wildman–Crippen MR) is 134 cm³/mol. The van der Waals surface area contributed by atoms with Crippen molar-refractivity contribution in [2.75, 3.05) is 30.0 Å². The highest BCUT2D eigenvalue weighted by Crippen LogP contribution is 2.34. The monoisotopic (exact) mass is 472 g/mol. The molecule has 3 heterocycles. The van der Waals surface area contributed by atoms with Crippen LogP contribution in [0.3, 0.4) is 0 Å². The molecule has 0 bridgehead atoms. The fourth-order valence-corrected chi connectivity index (χ4v) is 5.19. The lowest BCUT2D eigenvalue weighted by atomic mass is 10.00. The number of carbonyl (C=O) groups is 3. The number of fused-ring (bicyclic) bond motifs is 1. The quantitative estimate of drug-likeness (QED) is 0.613. The third-order valence-electron chi connectivity index (χ3n) is 6.92. The van der Waals surface area contributed by atoms with E-state index in [1.165, 1.54) is 0 Å². The van der Waals surface area contributed by atoms with Crippen LogP contribution in [0.25, 0.3) is 5.69 Å². The maximum absolute atomic E-state index is 13.8. The van der Waals surface area contributed by atoms with E-state index in [-0.39, 0.29) is 11.8 Å². The maximum Gasteiger partial charge on any atom is 0.275 e. The molecule has 35 heavy (non-hydrogen) atoms. The van der Waals surface area contributed by atoms with Crippen molar-refractivity contribution in [3.63, 3.8) is 0 Å². The largest absolute Gasteiger partial charge is 0.497 e. The summed E-state index contributed by atoms with van der Waals surface area (Å²) in [5.74, 6) is 0.0968. The number of aromatic nitrogens is 1. The van der Waals surface area contributed by atoms with Gasteiger partial charge in [-0.1, -0.05) is 0 Å². The van der Waals surface area contributed by atoms with Crippen molar-refractivity contribution in [1.82, 2.24) is 4.57 Å². The summed E-state index contributed by atoms with van der Waals surface area (Å²) in [5.41, 5.74) is 10.3. The van der Waals surface area contributed by atoms with Crippen LogP contribution in [0.5, 0.6) is 5.75 Å². The smallest absolute Gasteiger partial charge is 0.275 e. The first kappa shape index (κ1) is 22.7. The van der Waals surface area contributed by atoms with Crippen molar-refractivity contribution in [3.05, 3.63) is 71.0 Å². The van der Waals surface area contributed by atoms with Gasteiger partial charge in [0.15, 0.2) is 0 Å². The molecule has 0 radical (unpaired) electrons. The van der Waals surface area contributed by atoms with E-state index in [1.54, 1.807) is 16.9 Å². The van der Waals surface area contributed by atoms with Gasteiger partial charge in [-0.2, -0.15) is 0 Å². The molecule has 2 aromatic carbocycles. The molecule has 2 N–H and O–H groups in total. The van der Waals surface area contributed by atoms with Crippen molar-refractivity contribution in [1.29, 1.82) is 0 Å². The van der Waals surface area contributed by atoms with Crippen molar-refractivity contribution < 1.29 is 19.1 Å². The number of carbonyl (C=O) groups excluding carboxylic acids is 3. The molecule has 0 aliphatic carbocycles. The predicted octanol–water partition coefficient (Wildman–Crippen LogP) is 3.61.